The van der Waals surface area contributed by atoms with Gasteiger partial charge in [0.1, 0.15) is 0 Å². The smallest absolute Gasteiger partial charge is 0.0738 e. The van der Waals surface area contributed by atoms with Gasteiger partial charge in [0, 0.05) is 17.8 Å². The number of aliphatic hydroxyl groups is 2. The van der Waals surface area contributed by atoms with Crippen LogP contribution < -0.4 is 0 Å². The third-order valence-corrected chi connectivity index (χ3v) is 9.36. The molecule has 3 fully saturated rings. The minimum absolute atomic E-state index is 0.0526. The first-order valence-corrected chi connectivity index (χ1v) is 10.9. The maximum atomic E-state index is 12.2. The van der Waals surface area contributed by atoms with Crippen molar-refractivity contribution in [2.24, 2.45) is 22.7 Å². The first kappa shape index (κ1) is 17.9. The van der Waals surface area contributed by atoms with Crippen molar-refractivity contribution in [3.8, 4) is 0 Å². The number of aromatic nitrogens is 1. The number of aliphatic hydroxyl groups excluding tert-OH is 1. The maximum absolute atomic E-state index is 12.2. The minimum Gasteiger partial charge on any atom is -0.389 e. The lowest BCUT2D eigenvalue weighted by Crippen LogP contribution is -2.60. The maximum Gasteiger partial charge on any atom is 0.0738 e. The molecule has 0 unspecified atom stereocenters. The summed E-state index contributed by atoms with van der Waals surface area (Å²) < 4.78 is 0. The molecule has 5 rings (SSSR count). The summed E-state index contributed by atoms with van der Waals surface area (Å²) in [5, 5.41) is 22.3. The van der Waals surface area contributed by atoms with E-state index in [0.717, 1.165) is 44.9 Å². The molecular weight excluding hydrogens is 334 g/mol. The molecule has 1 aromatic heterocycles. The van der Waals surface area contributed by atoms with Gasteiger partial charge in [-0.3, -0.25) is 4.98 Å². The van der Waals surface area contributed by atoms with Gasteiger partial charge in [0.25, 0.3) is 0 Å². The van der Waals surface area contributed by atoms with Gasteiger partial charge >= 0.3 is 0 Å². The van der Waals surface area contributed by atoms with E-state index in [9.17, 15) is 10.2 Å². The Hall–Kier alpha value is -1.19. The molecule has 0 amide bonds. The first-order valence-electron chi connectivity index (χ1n) is 10.9. The lowest BCUT2D eigenvalue weighted by atomic mass is 9.45. The number of rotatable bonds is 1. The highest BCUT2D eigenvalue weighted by atomic mass is 16.3. The molecule has 4 aliphatic rings. The average molecular weight is 368 g/mol. The van der Waals surface area contributed by atoms with Crippen LogP contribution in [0.15, 0.2) is 36.2 Å². The Morgan fingerprint density at radius 3 is 2.67 bits per heavy atom. The Balaban J connectivity index is 1.52. The van der Waals surface area contributed by atoms with Crippen molar-refractivity contribution in [2.45, 2.75) is 82.8 Å². The summed E-state index contributed by atoms with van der Waals surface area (Å²) in [6.45, 7) is 4.77. The standard InChI is InChI=1S/C24H33NO2/c1-22-10-7-18(26)14-17(22)5-6-21-20(22)8-11-23(2)19(9-12-24(21,23)27)16-4-3-13-25-15-16/h3-4,13-15,18-21,26-27H,5-12H2,1-2H3/t18-,19+,20-,21+,22-,23+,24-/m0/s1. The van der Waals surface area contributed by atoms with Crippen molar-refractivity contribution in [1.29, 1.82) is 0 Å². The van der Waals surface area contributed by atoms with E-state index >= 15 is 0 Å². The van der Waals surface area contributed by atoms with E-state index in [1.54, 1.807) is 0 Å². The van der Waals surface area contributed by atoms with E-state index in [2.05, 4.69) is 31.0 Å². The molecule has 7 atom stereocenters. The molecule has 0 radical (unpaired) electrons. The van der Waals surface area contributed by atoms with Gasteiger partial charge in [0.2, 0.25) is 0 Å². The zero-order chi connectivity index (χ0) is 18.9. The molecular formula is C24H33NO2. The van der Waals surface area contributed by atoms with E-state index in [4.69, 9.17) is 0 Å². The molecule has 0 saturated heterocycles. The van der Waals surface area contributed by atoms with Gasteiger partial charge in [-0.1, -0.05) is 31.6 Å². The molecule has 3 nitrogen and oxygen atoms in total. The molecule has 146 valence electrons. The SMILES string of the molecule is C[C@]12CC[C@H](O)C=C1CC[C@@H]1[C@@H]2CC[C@]2(C)[C@@H](c3cccnc3)CC[C@]12O. The largest absolute Gasteiger partial charge is 0.389 e. The zero-order valence-electron chi connectivity index (χ0n) is 16.7. The summed E-state index contributed by atoms with van der Waals surface area (Å²) in [5.41, 5.74) is 2.32. The molecule has 2 N–H and O–H groups in total. The van der Waals surface area contributed by atoms with Crippen molar-refractivity contribution in [3.63, 3.8) is 0 Å². The van der Waals surface area contributed by atoms with Crippen LogP contribution >= 0.6 is 0 Å². The Morgan fingerprint density at radius 1 is 1.04 bits per heavy atom. The van der Waals surface area contributed by atoms with E-state index in [-0.39, 0.29) is 16.9 Å². The number of hydrogen-bond donors (Lipinski definition) is 2. The number of fused-ring (bicyclic) bond motifs is 5. The van der Waals surface area contributed by atoms with Gasteiger partial charge in [-0.2, -0.15) is 0 Å². The third-order valence-electron chi connectivity index (χ3n) is 9.36. The van der Waals surface area contributed by atoms with Crippen molar-refractivity contribution in [3.05, 3.63) is 41.7 Å². The number of pyridine rings is 1. The van der Waals surface area contributed by atoms with Gasteiger partial charge in [-0.25, -0.2) is 0 Å². The summed E-state index contributed by atoms with van der Waals surface area (Å²) in [6, 6.07) is 4.24. The van der Waals surface area contributed by atoms with Crippen molar-refractivity contribution in [1.82, 2.24) is 4.98 Å². The quantitative estimate of drug-likeness (QED) is 0.713. The van der Waals surface area contributed by atoms with Crippen LogP contribution in [0.2, 0.25) is 0 Å². The second-order valence-corrected chi connectivity index (χ2v) is 10.2. The van der Waals surface area contributed by atoms with Crippen LogP contribution in [-0.2, 0) is 0 Å². The summed E-state index contributed by atoms with van der Waals surface area (Å²) in [5.74, 6) is 1.35. The van der Waals surface area contributed by atoms with Crippen LogP contribution in [0.4, 0.5) is 0 Å². The van der Waals surface area contributed by atoms with Gasteiger partial charge in [0.05, 0.1) is 11.7 Å². The normalized spacial score (nSPS) is 49.0. The van der Waals surface area contributed by atoms with E-state index < -0.39 is 5.60 Å². The number of nitrogens with zero attached hydrogens (tertiary/aromatic N) is 1. The fraction of sp³-hybridized carbons (Fsp3) is 0.708. The van der Waals surface area contributed by atoms with Crippen LogP contribution in [0.5, 0.6) is 0 Å². The summed E-state index contributed by atoms with van der Waals surface area (Å²) >= 11 is 0. The van der Waals surface area contributed by atoms with Gasteiger partial charge in [0.15, 0.2) is 0 Å². The Bertz CT molecular complexity index is 761. The third kappa shape index (κ3) is 2.31. The summed E-state index contributed by atoms with van der Waals surface area (Å²) in [4.78, 5) is 4.36. The number of hydrogen-bond acceptors (Lipinski definition) is 3. The number of allylic oxidation sites excluding steroid dienone is 1. The van der Waals surface area contributed by atoms with E-state index in [1.807, 2.05) is 18.5 Å². The fourth-order valence-corrected chi connectivity index (χ4v) is 7.80. The fourth-order valence-electron chi connectivity index (χ4n) is 7.80. The highest BCUT2D eigenvalue weighted by Crippen LogP contribution is 2.69. The van der Waals surface area contributed by atoms with Crippen LogP contribution in [0.25, 0.3) is 0 Å². The molecule has 0 aromatic carbocycles. The molecule has 1 heterocycles. The van der Waals surface area contributed by atoms with Crippen molar-refractivity contribution >= 4 is 0 Å². The lowest BCUT2D eigenvalue weighted by Gasteiger charge is -2.61. The predicted molar refractivity (Wildman–Crippen MR) is 106 cm³/mol. The van der Waals surface area contributed by atoms with E-state index in [0.29, 0.717) is 17.8 Å². The zero-order valence-corrected chi connectivity index (χ0v) is 16.7. The minimum atomic E-state index is -0.568. The monoisotopic (exact) mass is 367 g/mol. The topological polar surface area (TPSA) is 53.4 Å². The van der Waals surface area contributed by atoms with E-state index in [1.165, 1.54) is 17.6 Å². The van der Waals surface area contributed by atoms with Crippen LogP contribution in [0.3, 0.4) is 0 Å². The predicted octanol–water partition coefficient (Wildman–Crippen LogP) is 4.60. The second-order valence-electron chi connectivity index (χ2n) is 10.2. The van der Waals surface area contributed by atoms with Crippen LogP contribution in [0.1, 0.15) is 76.7 Å². The Kier molecular flexibility index (Phi) is 3.91. The van der Waals surface area contributed by atoms with Gasteiger partial charge < -0.3 is 10.2 Å². The second kappa shape index (κ2) is 5.90. The van der Waals surface area contributed by atoms with Gasteiger partial charge in [-0.15, -0.1) is 0 Å². The highest BCUT2D eigenvalue weighted by molar-refractivity contribution is 5.31. The van der Waals surface area contributed by atoms with Crippen LogP contribution in [0, 0.1) is 22.7 Å². The summed E-state index contributed by atoms with van der Waals surface area (Å²) in [6.07, 6.45) is 14.1. The molecule has 0 spiro atoms. The first-order chi connectivity index (χ1) is 12.9. The molecule has 27 heavy (non-hydrogen) atoms. The molecule has 3 saturated carbocycles. The molecule has 1 aromatic rings. The van der Waals surface area contributed by atoms with Crippen LogP contribution in [-0.4, -0.2) is 26.9 Å². The highest BCUT2D eigenvalue weighted by Gasteiger charge is 2.66. The molecule has 0 aliphatic heterocycles. The average Bonchev–Trinajstić information content (AvgIpc) is 2.94. The molecule has 4 aliphatic carbocycles. The van der Waals surface area contributed by atoms with Gasteiger partial charge in [-0.05, 0) is 86.2 Å². The molecule has 3 heteroatoms. The summed E-state index contributed by atoms with van der Waals surface area (Å²) in [7, 11) is 0. The Labute approximate surface area is 162 Å². The molecule has 0 bridgehead atoms. The van der Waals surface area contributed by atoms with Crippen molar-refractivity contribution < 1.29 is 10.2 Å². The lowest BCUT2D eigenvalue weighted by molar-refractivity contribution is -0.178. The van der Waals surface area contributed by atoms with Crippen molar-refractivity contribution in [2.75, 3.05) is 0 Å². The Morgan fingerprint density at radius 2 is 1.89 bits per heavy atom.